The fourth-order valence-corrected chi connectivity index (χ4v) is 3.96. The number of nitrogens with zero attached hydrogens (tertiary/aromatic N) is 3. The minimum Gasteiger partial charge on any atom is -0.383 e. The molecule has 3 rings (SSSR count). The van der Waals surface area contributed by atoms with Crippen molar-refractivity contribution in [1.29, 1.82) is 0 Å². The third-order valence-corrected chi connectivity index (χ3v) is 5.09. The van der Waals surface area contributed by atoms with Crippen LogP contribution in [0.3, 0.4) is 0 Å². The van der Waals surface area contributed by atoms with Crippen LogP contribution >= 0.6 is 23.1 Å². The molecule has 0 fully saturated rings. The topological polar surface area (TPSA) is 120 Å². The molecule has 7 nitrogen and oxygen atoms in total. The molecule has 0 aromatic carbocycles. The average Bonchev–Trinajstić information content (AvgIpc) is 2.86. The highest BCUT2D eigenvalue weighted by atomic mass is 32.2. The van der Waals surface area contributed by atoms with Crippen LogP contribution in [0.1, 0.15) is 23.4 Å². The molecule has 0 spiro atoms. The molecule has 116 valence electrons. The Balaban J connectivity index is 1.57. The van der Waals surface area contributed by atoms with E-state index >= 15 is 0 Å². The third-order valence-electron chi connectivity index (χ3n) is 3.17. The van der Waals surface area contributed by atoms with Crippen molar-refractivity contribution >= 4 is 45.8 Å². The smallest absolute Gasteiger partial charge is 0.236 e. The van der Waals surface area contributed by atoms with Crippen LogP contribution in [0.2, 0.25) is 0 Å². The number of aryl methyl sites for hydroxylation is 2. The van der Waals surface area contributed by atoms with Crippen LogP contribution in [-0.2, 0) is 17.6 Å². The number of nitrogens with one attached hydrogen (secondary N) is 1. The van der Waals surface area contributed by atoms with Crippen molar-refractivity contribution in [2.75, 3.05) is 22.5 Å². The molecule has 0 aliphatic heterocycles. The summed E-state index contributed by atoms with van der Waals surface area (Å²) >= 11 is 2.76. The highest BCUT2D eigenvalue weighted by Crippen LogP contribution is 2.29. The number of nitrogens with two attached hydrogens (primary N) is 2. The number of thioether (sulfide) groups is 1. The zero-order valence-corrected chi connectivity index (χ0v) is 13.5. The van der Waals surface area contributed by atoms with E-state index in [1.54, 1.807) is 11.3 Å². The van der Waals surface area contributed by atoms with E-state index in [9.17, 15) is 4.79 Å². The maximum atomic E-state index is 12.0. The van der Waals surface area contributed by atoms with Crippen LogP contribution in [0.25, 0.3) is 0 Å². The number of fused-ring (bicyclic) bond motifs is 1. The molecule has 0 atom stereocenters. The van der Waals surface area contributed by atoms with Gasteiger partial charge < -0.3 is 16.8 Å². The highest BCUT2D eigenvalue weighted by molar-refractivity contribution is 7.99. The van der Waals surface area contributed by atoms with Crippen molar-refractivity contribution in [2.45, 2.75) is 30.8 Å². The van der Waals surface area contributed by atoms with Gasteiger partial charge >= 0.3 is 0 Å². The number of carbonyl (C=O) groups excluding carboxylic acids is 1. The van der Waals surface area contributed by atoms with Crippen LogP contribution in [0, 0.1) is 0 Å². The van der Waals surface area contributed by atoms with Gasteiger partial charge in [-0.1, -0.05) is 11.8 Å². The maximum Gasteiger partial charge on any atom is 0.236 e. The van der Waals surface area contributed by atoms with Crippen LogP contribution in [0.4, 0.5) is 16.8 Å². The molecule has 1 aliphatic carbocycles. The van der Waals surface area contributed by atoms with Crippen molar-refractivity contribution < 1.29 is 4.79 Å². The van der Waals surface area contributed by atoms with E-state index < -0.39 is 0 Å². The lowest BCUT2D eigenvalue weighted by Gasteiger charge is -2.06. The number of nitrogen functional groups attached to an aromatic ring is 2. The Morgan fingerprint density at radius 1 is 1.23 bits per heavy atom. The van der Waals surface area contributed by atoms with Gasteiger partial charge in [0.25, 0.3) is 0 Å². The maximum absolute atomic E-state index is 12.0. The largest absolute Gasteiger partial charge is 0.383 e. The number of thiazole rings is 1. The van der Waals surface area contributed by atoms with Crippen molar-refractivity contribution in [3.05, 3.63) is 16.6 Å². The van der Waals surface area contributed by atoms with Crippen LogP contribution in [0.15, 0.2) is 11.2 Å². The number of hydrogen-bond acceptors (Lipinski definition) is 8. The SMILES string of the molecule is Nc1cc(N)nc(SCC(=O)Nc2nc3c(s2)CCCC3)n1. The van der Waals surface area contributed by atoms with E-state index in [0.29, 0.717) is 21.9 Å². The summed E-state index contributed by atoms with van der Waals surface area (Å²) in [4.78, 5) is 25.8. The summed E-state index contributed by atoms with van der Waals surface area (Å²) in [5, 5.41) is 3.89. The molecule has 0 saturated carbocycles. The van der Waals surface area contributed by atoms with Crippen molar-refractivity contribution in [1.82, 2.24) is 15.0 Å². The molecule has 1 amide bonds. The zero-order chi connectivity index (χ0) is 15.5. The van der Waals surface area contributed by atoms with E-state index in [0.717, 1.165) is 18.5 Å². The Kier molecular flexibility index (Phi) is 4.44. The fourth-order valence-electron chi connectivity index (χ4n) is 2.22. The minimum atomic E-state index is -0.138. The summed E-state index contributed by atoms with van der Waals surface area (Å²) in [6, 6.07) is 1.48. The van der Waals surface area contributed by atoms with E-state index in [2.05, 4.69) is 20.3 Å². The number of aromatic nitrogens is 3. The van der Waals surface area contributed by atoms with Gasteiger partial charge in [0.2, 0.25) is 5.91 Å². The second-order valence-corrected chi connectivity index (χ2v) is 6.96. The van der Waals surface area contributed by atoms with Gasteiger partial charge in [-0.25, -0.2) is 15.0 Å². The predicted molar refractivity (Wildman–Crippen MR) is 89.0 cm³/mol. The van der Waals surface area contributed by atoms with Gasteiger partial charge in [0, 0.05) is 10.9 Å². The monoisotopic (exact) mass is 336 g/mol. The molecule has 2 aromatic rings. The lowest BCUT2D eigenvalue weighted by atomic mass is 10.0. The minimum absolute atomic E-state index is 0.138. The number of carbonyl (C=O) groups is 1. The molecule has 0 unspecified atom stereocenters. The second kappa shape index (κ2) is 6.49. The van der Waals surface area contributed by atoms with Gasteiger partial charge in [0.05, 0.1) is 11.4 Å². The van der Waals surface area contributed by atoms with Gasteiger partial charge in [-0.3, -0.25) is 4.79 Å². The fraction of sp³-hybridized carbons (Fsp3) is 0.385. The number of hydrogen-bond donors (Lipinski definition) is 3. The molecular weight excluding hydrogens is 320 g/mol. The molecular formula is C13H16N6OS2. The van der Waals surface area contributed by atoms with Gasteiger partial charge in [-0.05, 0) is 25.7 Å². The number of rotatable bonds is 4. The second-order valence-electron chi connectivity index (χ2n) is 4.93. The average molecular weight is 336 g/mol. The molecule has 5 N–H and O–H groups in total. The van der Waals surface area contributed by atoms with Crippen molar-refractivity contribution in [3.8, 4) is 0 Å². The third kappa shape index (κ3) is 3.66. The van der Waals surface area contributed by atoms with Crippen molar-refractivity contribution in [2.24, 2.45) is 0 Å². The van der Waals surface area contributed by atoms with E-state index in [1.165, 1.54) is 35.5 Å². The summed E-state index contributed by atoms with van der Waals surface area (Å²) in [5.41, 5.74) is 12.3. The van der Waals surface area contributed by atoms with Crippen molar-refractivity contribution in [3.63, 3.8) is 0 Å². The first-order valence-electron chi connectivity index (χ1n) is 6.91. The summed E-state index contributed by atoms with van der Waals surface area (Å²) in [6.45, 7) is 0. The summed E-state index contributed by atoms with van der Waals surface area (Å²) in [5.74, 6) is 0.638. The summed E-state index contributed by atoms with van der Waals surface area (Å²) in [6.07, 6.45) is 4.45. The predicted octanol–water partition coefficient (Wildman–Crippen LogP) is 1.71. The highest BCUT2D eigenvalue weighted by Gasteiger charge is 2.16. The Morgan fingerprint density at radius 2 is 1.95 bits per heavy atom. The molecule has 9 heteroatoms. The standard InChI is InChI=1S/C13H16N6OS2/c14-9-5-10(15)18-12(17-9)21-6-11(20)19-13-16-7-3-1-2-4-8(7)22-13/h5H,1-4,6H2,(H,16,19,20)(H4,14,15,17,18). The molecule has 0 radical (unpaired) electrons. The first-order valence-corrected chi connectivity index (χ1v) is 8.71. The number of anilines is 3. The van der Waals surface area contributed by atoms with E-state index in [1.807, 2.05) is 0 Å². The van der Waals surface area contributed by atoms with E-state index in [-0.39, 0.29) is 11.7 Å². The normalized spacial score (nSPS) is 13.6. The Morgan fingerprint density at radius 3 is 2.68 bits per heavy atom. The lowest BCUT2D eigenvalue weighted by Crippen LogP contribution is -2.14. The first kappa shape index (κ1) is 15.0. The zero-order valence-electron chi connectivity index (χ0n) is 11.8. The molecule has 0 saturated heterocycles. The Bertz CT molecular complexity index is 658. The quantitative estimate of drug-likeness (QED) is 0.574. The van der Waals surface area contributed by atoms with Crippen LogP contribution in [-0.4, -0.2) is 26.6 Å². The number of amides is 1. The van der Waals surface area contributed by atoms with Crippen LogP contribution < -0.4 is 16.8 Å². The molecule has 2 heterocycles. The van der Waals surface area contributed by atoms with Gasteiger partial charge in [-0.15, -0.1) is 11.3 Å². The van der Waals surface area contributed by atoms with Crippen LogP contribution in [0.5, 0.6) is 0 Å². The van der Waals surface area contributed by atoms with E-state index in [4.69, 9.17) is 11.5 Å². The molecule has 0 bridgehead atoms. The Labute approximate surface area is 135 Å². The van der Waals surface area contributed by atoms with Gasteiger partial charge in [0.15, 0.2) is 10.3 Å². The first-order chi connectivity index (χ1) is 10.6. The molecule has 22 heavy (non-hydrogen) atoms. The summed E-state index contributed by atoms with van der Waals surface area (Å²) < 4.78 is 0. The molecule has 2 aromatic heterocycles. The van der Waals surface area contributed by atoms with Gasteiger partial charge in [-0.2, -0.15) is 0 Å². The Hall–Kier alpha value is -1.87. The lowest BCUT2D eigenvalue weighted by molar-refractivity contribution is -0.113. The van der Waals surface area contributed by atoms with Gasteiger partial charge in [0.1, 0.15) is 11.6 Å². The molecule has 1 aliphatic rings. The summed E-state index contributed by atoms with van der Waals surface area (Å²) in [7, 11) is 0.